The first kappa shape index (κ1) is 22.1. The van der Waals surface area contributed by atoms with Crippen LogP contribution in [0, 0.1) is 0 Å². The molecule has 4 rings (SSSR count). The zero-order chi connectivity index (χ0) is 22.9. The Labute approximate surface area is 188 Å². The third kappa shape index (κ3) is 4.88. The van der Waals surface area contributed by atoms with Gasteiger partial charge in [0.2, 0.25) is 0 Å². The zero-order valence-electron chi connectivity index (χ0n) is 18.6. The van der Waals surface area contributed by atoms with Crippen molar-refractivity contribution in [1.82, 2.24) is 14.9 Å². The number of anilines is 2. The first-order valence-corrected chi connectivity index (χ1v) is 12.8. The van der Waals surface area contributed by atoms with E-state index in [0.29, 0.717) is 43.3 Å². The van der Waals surface area contributed by atoms with Gasteiger partial charge in [-0.2, -0.15) is 0 Å². The van der Waals surface area contributed by atoms with Gasteiger partial charge in [-0.3, -0.25) is 4.79 Å². The van der Waals surface area contributed by atoms with Crippen molar-refractivity contribution >= 4 is 38.2 Å². The van der Waals surface area contributed by atoms with Crippen LogP contribution in [0.15, 0.2) is 42.7 Å². The highest BCUT2D eigenvalue weighted by atomic mass is 32.2. The molecule has 0 saturated carbocycles. The van der Waals surface area contributed by atoms with Crippen molar-refractivity contribution in [1.29, 1.82) is 0 Å². The van der Waals surface area contributed by atoms with Gasteiger partial charge in [0.25, 0.3) is 5.91 Å². The highest BCUT2D eigenvalue weighted by Gasteiger charge is 2.26. The number of carbonyl (C=O) groups excluding carboxylic acids is 1. The average Bonchev–Trinajstić information content (AvgIpc) is 3.15. The Morgan fingerprint density at radius 1 is 1.19 bits per heavy atom. The monoisotopic (exact) mass is 455 g/mol. The number of piperazine rings is 1. The number of rotatable bonds is 6. The van der Waals surface area contributed by atoms with E-state index >= 15 is 0 Å². The van der Waals surface area contributed by atoms with Crippen LogP contribution >= 0.6 is 0 Å². The molecule has 1 aromatic carbocycles. The number of hydrogen-bond donors (Lipinski definition) is 2. The number of nitrogens with zero attached hydrogens (tertiary/aromatic N) is 3. The maximum atomic E-state index is 13.2. The molecule has 0 radical (unpaired) electrons. The lowest BCUT2D eigenvalue weighted by atomic mass is 10.1. The smallest absolute Gasteiger partial charge is 0.256 e. The number of carbonyl (C=O) groups is 1. The predicted molar refractivity (Wildman–Crippen MR) is 128 cm³/mol. The summed E-state index contributed by atoms with van der Waals surface area (Å²) in [5.74, 6) is 0.876. The minimum atomic E-state index is -3.11. The molecular weight excluding hydrogens is 426 g/mol. The van der Waals surface area contributed by atoms with Crippen LogP contribution in [0.2, 0.25) is 0 Å². The number of H-pyrrole nitrogens is 1. The van der Waals surface area contributed by atoms with E-state index in [2.05, 4.69) is 34.0 Å². The van der Waals surface area contributed by atoms with Crippen LogP contribution in [0.25, 0.3) is 10.9 Å². The van der Waals surface area contributed by atoms with Crippen LogP contribution in [-0.2, 0) is 15.6 Å². The number of benzene rings is 1. The first-order valence-electron chi connectivity index (χ1n) is 10.7. The number of sulfone groups is 1. The summed E-state index contributed by atoms with van der Waals surface area (Å²) in [6.07, 6.45) is 4.72. The van der Waals surface area contributed by atoms with Crippen molar-refractivity contribution in [3.05, 3.63) is 53.9 Å². The van der Waals surface area contributed by atoms with E-state index in [1.165, 1.54) is 6.26 Å². The summed E-state index contributed by atoms with van der Waals surface area (Å²) in [5, 5.41) is 4.25. The molecule has 32 heavy (non-hydrogen) atoms. The zero-order valence-corrected chi connectivity index (χ0v) is 19.4. The van der Waals surface area contributed by atoms with Crippen LogP contribution in [0.1, 0.15) is 29.8 Å². The largest absolute Gasteiger partial charge is 0.380 e. The molecule has 3 aromatic rings. The van der Waals surface area contributed by atoms with E-state index in [4.69, 9.17) is 0 Å². The summed E-state index contributed by atoms with van der Waals surface area (Å²) in [5.41, 5.74) is 3.09. The number of pyridine rings is 1. The summed E-state index contributed by atoms with van der Waals surface area (Å²) in [4.78, 5) is 25.0. The molecule has 1 fully saturated rings. The average molecular weight is 456 g/mol. The van der Waals surface area contributed by atoms with Crippen molar-refractivity contribution in [2.24, 2.45) is 0 Å². The Hall–Kier alpha value is -3.07. The topological polar surface area (TPSA) is 98.4 Å². The lowest BCUT2D eigenvalue weighted by Crippen LogP contribution is -2.49. The predicted octanol–water partition coefficient (Wildman–Crippen LogP) is 2.89. The number of aromatic nitrogens is 2. The highest BCUT2D eigenvalue weighted by Crippen LogP contribution is 2.26. The fraction of sp³-hybridized carbons (Fsp3) is 0.391. The summed E-state index contributed by atoms with van der Waals surface area (Å²) in [7, 11) is -3.11. The van der Waals surface area contributed by atoms with Gasteiger partial charge in [0.1, 0.15) is 0 Å². The van der Waals surface area contributed by atoms with Crippen molar-refractivity contribution in [3.63, 3.8) is 0 Å². The Balaban J connectivity index is 1.47. The fourth-order valence-corrected chi connectivity index (χ4v) is 4.89. The van der Waals surface area contributed by atoms with Crippen molar-refractivity contribution < 1.29 is 13.2 Å². The van der Waals surface area contributed by atoms with Gasteiger partial charge in [-0.1, -0.05) is 12.1 Å². The maximum Gasteiger partial charge on any atom is 0.256 e. The summed E-state index contributed by atoms with van der Waals surface area (Å²) >= 11 is 0. The Kier molecular flexibility index (Phi) is 6.10. The van der Waals surface area contributed by atoms with E-state index in [0.717, 1.165) is 22.4 Å². The maximum absolute atomic E-state index is 13.2. The molecule has 2 aromatic heterocycles. The molecule has 3 heterocycles. The molecule has 1 amide bonds. The highest BCUT2D eigenvalue weighted by molar-refractivity contribution is 7.89. The summed E-state index contributed by atoms with van der Waals surface area (Å²) in [6, 6.07) is 9.66. The number of amides is 1. The van der Waals surface area contributed by atoms with E-state index in [1.54, 1.807) is 24.5 Å². The molecule has 2 N–H and O–H groups in total. The van der Waals surface area contributed by atoms with E-state index in [1.807, 2.05) is 23.1 Å². The molecule has 9 heteroatoms. The summed E-state index contributed by atoms with van der Waals surface area (Å²) < 4.78 is 23.2. The second-order valence-electron chi connectivity index (χ2n) is 8.61. The number of nitrogens with one attached hydrogen (secondary N) is 2. The fourth-order valence-electron chi connectivity index (χ4n) is 4.11. The Morgan fingerprint density at radius 2 is 1.94 bits per heavy atom. The molecule has 0 bridgehead atoms. The van der Waals surface area contributed by atoms with Crippen LogP contribution in [0.3, 0.4) is 0 Å². The Morgan fingerprint density at radius 3 is 2.62 bits per heavy atom. The van der Waals surface area contributed by atoms with E-state index < -0.39 is 9.84 Å². The van der Waals surface area contributed by atoms with E-state index in [-0.39, 0.29) is 11.7 Å². The SMILES string of the molecule is CC(C)Nc1cccnc1N1CCN(C(=O)c2c[nH]c3cc(CS(C)(=O)=O)ccc23)CC1. The van der Waals surface area contributed by atoms with Gasteiger partial charge in [-0.05, 0) is 37.6 Å². The molecule has 0 aliphatic carbocycles. The normalized spacial score (nSPS) is 14.9. The van der Waals surface area contributed by atoms with Gasteiger partial charge < -0.3 is 20.1 Å². The van der Waals surface area contributed by atoms with Gasteiger partial charge >= 0.3 is 0 Å². The van der Waals surface area contributed by atoms with Crippen molar-refractivity contribution in [3.8, 4) is 0 Å². The van der Waals surface area contributed by atoms with Gasteiger partial charge in [0.05, 0.1) is 17.0 Å². The second-order valence-corrected chi connectivity index (χ2v) is 10.7. The molecule has 0 spiro atoms. The Bertz CT molecular complexity index is 1230. The standard InChI is InChI=1S/C23H29N5O3S/c1-16(2)26-20-5-4-8-24-22(20)27-9-11-28(12-10-27)23(29)19-14-25-21-13-17(6-7-18(19)21)15-32(3,30)31/h4-8,13-14,16,25-26H,9-12,15H2,1-3H3. The van der Waals surface area contributed by atoms with Crippen molar-refractivity contribution in [2.45, 2.75) is 25.6 Å². The van der Waals surface area contributed by atoms with Gasteiger partial charge in [0, 0.05) is 61.8 Å². The van der Waals surface area contributed by atoms with Crippen LogP contribution < -0.4 is 10.2 Å². The lowest BCUT2D eigenvalue weighted by molar-refractivity contribution is 0.0748. The minimum absolute atomic E-state index is 0.0195. The second kappa shape index (κ2) is 8.82. The van der Waals surface area contributed by atoms with Crippen LogP contribution in [-0.4, -0.2) is 67.7 Å². The van der Waals surface area contributed by atoms with Gasteiger partial charge in [-0.15, -0.1) is 0 Å². The van der Waals surface area contributed by atoms with Crippen molar-refractivity contribution in [2.75, 3.05) is 42.7 Å². The van der Waals surface area contributed by atoms with E-state index in [9.17, 15) is 13.2 Å². The third-order valence-corrected chi connectivity index (χ3v) is 6.36. The molecule has 0 atom stereocenters. The van der Waals surface area contributed by atoms with Gasteiger partial charge in [0.15, 0.2) is 15.7 Å². The molecule has 8 nitrogen and oxygen atoms in total. The third-order valence-electron chi connectivity index (χ3n) is 5.50. The molecular formula is C23H29N5O3S. The lowest BCUT2D eigenvalue weighted by Gasteiger charge is -2.36. The minimum Gasteiger partial charge on any atom is -0.380 e. The quantitative estimate of drug-likeness (QED) is 0.593. The number of fused-ring (bicyclic) bond motifs is 1. The molecule has 0 unspecified atom stereocenters. The van der Waals surface area contributed by atoms with Crippen LogP contribution in [0.5, 0.6) is 0 Å². The number of hydrogen-bond acceptors (Lipinski definition) is 6. The van der Waals surface area contributed by atoms with Crippen LogP contribution in [0.4, 0.5) is 11.5 Å². The summed E-state index contributed by atoms with van der Waals surface area (Å²) in [6.45, 7) is 6.81. The van der Waals surface area contributed by atoms with Gasteiger partial charge in [-0.25, -0.2) is 13.4 Å². The number of aromatic amines is 1. The first-order chi connectivity index (χ1) is 15.2. The molecule has 170 valence electrons. The molecule has 1 aliphatic rings. The molecule has 1 aliphatic heterocycles. The molecule has 1 saturated heterocycles.